The van der Waals surface area contributed by atoms with Crippen LogP contribution < -0.4 is 0 Å². The minimum Gasteiger partial charge on any atom is -0.436 e. The molecule has 1 aliphatic heterocycles. The Morgan fingerprint density at radius 3 is 2.87 bits per heavy atom. The summed E-state index contributed by atoms with van der Waals surface area (Å²) in [4.78, 5) is 18.8. The Morgan fingerprint density at radius 2 is 2.17 bits per heavy atom. The van der Waals surface area contributed by atoms with Gasteiger partial charge in [-0.15, -0.1) is 5.10 Å². The molecule has 1 atom stereocenters. The fourth-order valence-electron chi connectivity index (χ4n) is 3.34. The second-order valence-corrected chi connectivity index (χ2v) is 6.58. The topological polar surface area (TPSA) is 77.1 Å². The molecule has 2 fully saturated rings. The lowest BCUT2D eigenvalue weighted by Gasteiger charge is -2.23. The zero-order chi connectivity index (χ0) is 16.0. The number of carbonyl (C=O) groups excluding carboxylic acids is 1. The van der Waals surface area contributed by atoms with Crippen LogP contribution in [0.15, 0.2) is 10.6 Å². The second-order valence-electron chi connectivity index (χ2n) is 6.58. The minimum absolute atomic E-state index is 0.0619. The van der Waals surface area contributed by atoms with Gasteiger partial charge in [-0.2, -0.15) is 0 Å². The highest BCUT2D eigenvalue weighted by Gasteiger charge is 2.33. The average Bonchev–Trinajstić information content (AvgIpc) is 2.93. The molecule has 0 bridgehead atoms. The normalized spacial score (nSPS) is 21.1. The van der Waals surface area contributed by atoms with E-state index in [1.54, 1.807) is 6.92 Å². The quantitative estimate of drug-likeness (QED) is 0.863. The van der Waals surface area contributed by atoms with Gasteiger partial charge in [0.2, 0.25) is 5.76 Å². The molecule has 0 N–H and O–H groups in total. The molecule has 2 aromatic heterocycles. The number of likely N-dealkylation sites (tertiary alicyclic amines) is 1. The van der Waals surface area contributed by atoms with Crippen molar-refractivity contribution in [3.63, 3.8) is 0 Å². The first-order valence-corrected chi connectivity index (χ1v) is 8.27. The first-order valence-electron chi connectivity index (χ1n) is 8.27. The number of amides is 1. The molecule has 7 heteroatoms. The van der Waals surface area contributed by atoms with Gasteiger partial charge in [0, 0.05) is 25.6 Å². The monoisotopic (exact) mass is 315 g/mol. The summed E-state index contributed by atoms with van der Waals surface area (Å²) in [7, 11) is 0. The summed E-state index contributed by atoms with van der Waals surface area (Å²) in [6, 6.07) is 0.140. The molecule has 0 spiro atoms. The van der Waals surface area contributed by atoms with E-state index < -0.39 is 0 Å². The van der Waals surface area contributed by atoms with Crippen molar-refractivity contribution in [3.8, 4) is 0 Å². The highest BCUT2D eigenvalue weighted by Crippen LogP contribution is 2.38. The maximum atomic E-state index is 12.8. The lowest BCUT2D eigenvalue weighted by atomic mass is 10.2. The molecule has 122 valence electrons. The standard InChI is InChI=1S/C16H21N5O2/c1-10-15(23-11(2)17-10)16(22)21-7-3-4-13(21)8-20-9-14(18-19-20)12-5-6-12/h9,12-13H,3-8H2,1-2H3/t13-/m0/s1. The molecule has 3 heterocycles. The highest BCUT2D eigenvalue weighted by atomic mass is 16.4. The fourth-order valence-corrected chi connectivity index (χ4v) is 3.34. The van der Waals surface area contributed by atoms with Crippen molar-refractivity contribution < 1.29 is 9.21 Å². The van der Waals surface area contributed by atoms with Gasteiger partial charge in [-0.3, -0.25) is 9.48 Å². The van der Waals surface area contributed by atoms with E-state index in [0.717, 1.165) is 25.1 Å². The maximum Gasteiger partial charge on any atom is 0.291 e. The maximum absolute atomic E-state index is 12.8. The van der Waals surface area contributed by atoms with Crippen molar-refractivity contribution in [1.82, 2.24) is 24.9 Å². The van der Waals surface area contributed by atoms with E-state index >= 15 is 0 Å². The van der Waals surface area contributed by atoms with Crippen LogP contribution in [0.3, 0.4) is 0 Å². The lowest BCUT2D eigenvalue weighted by Crippen LogP contribution is -2.38. The van der Waals surface area contributed by atoms with Gasteiger partial charge in [0.05, 0.1) is 24.0 Å². The van der Waals surface area contributed by atoms with Gasteiger partial charge in [-0.25, -0.2) is 4.98 Å². The number of aryl methyl sites for hydroxylation is 2. The number of nitrogens with zero attached hydrogens (tertiary/aromatic N) is 5. The Kier molecular flexibility index (Phi) is 3.43. The van der Waals surface area contributed by atoms with Crippen LogP contribution >= 0.6 is 0 Å². The molecule has 7 nitrogen and oxygen atoms in total. The smallest absolute Gasteiger partial charge is 0.291 e. The Morgan fingerprint density at radius 1 is 1.35 bits per heavy atom. The van der Waals surface area contributed by atoms with Crippen LogP contribution in [0.5, 0.6) is 0 Å². The molecule has 1 saturated carbocycles. The highest BCUT2D eigenvalue weighted by molar-refractivity contribution is 5.92. The zero-order valence-electron chi connectivity index (χ0n) is 13.5. The second kappa shape index (κ2) is 5.47. The van der Waals surface area contributed by atoms with Gasteiger partial charge < -0.3 is 9.32 Å². The van der Waals surface area contributed by atoms with E-state index in [4.69, 9.17) is 4.42 Å². The summed E-state index contributed by atoms with van der Waals surface area (Å²) in [5, 5.41) is 8.47. The van der Waals surface area contributed by atoms with Crippen LogP contribution in [0, 0.1) is 13.8 Å². The number of carbonyl (C=O) groups is 1. The molecular formula is C16H21N5O2. The Balaban J connectivity index is 1.49. The van der Waals surface area contributed by atoms with Crippen molar-refractivity contribution in [2.45, 2.75) is 58.0 Å². The Bertz CT molecular complexity index is 731. The first kappa shape index (κ1) is 14.4. The molecular weight excluding hydrogens is 294 g/mol. The molecule has 2 aliphatic rings. The first-order chi connectivity index (χ1) is 11.1. The molecule has 4 rings (SSSR count). The van der Waals surface area contributed by atoms with Crippen LogP contribution in [-0.2, 0) is 6.54 Å². The fraction of sp³-hybridized carbons (Fsp3) is 0.625. The van der Waals surface area contributed by atoms with E-state index in [9.17, 15) is 4.79 Å². The molecule has 0 radical (unpaired) electrons. The number of rotatable bonds is 4. The molecule has 1 amide bonds. The average molecular weight is 315 g/mol. The van der Waals surface area contributed by atoms with Crippen LogP contribution in [-0.4, -0.2) is 43.4 Å². The summed E-state index contributed by atoms with van der Waals surface area (Å²) in [5.74, 6) is 1.44. The predicted molar refractivity (Wildman–Crippen MR) is 82.0 cm³/mol. The van der Waals surface area contributed by atoms with Gasteiger partial charge in [-0.05, 0) is 32.6 Å². The largest absolute Gasteiger partial charge is 0.436 e. The third-order valence-electron chi connectivity index (χ3n) is 4.69. The van der Waals surface area contributed by atoms with E-state index in [1.165, 1.54) is 12.8 Å². The van der Waals surface area contributed by atoms with Gasteiger partial charge >= 0.3 is 0 Å². The summed E-state index contributed by atoms with van der Waals surface area (Å²) in [6.07, 6.45) is 6.46. The minimum atomic E-state index is -0.0619. The third kappa shape index (κ3) is 2.75. The van der Waals surface area contributed by atoms with Crippen LogP contribution in [0.2, 0.25) is 0 Å². The van der Waals surface area contributed by atoms with Crippen molar-refractivity contribution in [2.75, 3.05) is 6.54 Å². The lowest BCUT2D eigenvalue weighted by molar-refractivity contribution is 0.0686. The number of hydrogen-bond donors (Lipinski definition) is 0. The Hall–Kier alpha value is -2.18. The summed E-state index contributed by atoms with van der Waals surface area (Å²) in [6.45, 7) is 5.03. The zero-order valence-corrected chi connectivity index (χ0v) is 13.5. The van der Waals surface area contributed by atoms with Gasteiger partial charge in [0.1, 0.15) is 0 Å². The van der Waals surface area contributed by atoms with Crippen LogP contribution in [0.4, 0.5) is 0 Å². The SMILES string of the molecule is Cc1nc(C)c(C(=O)N2CCC[C@H]2Cn2cc(C3CC3)nn2)o1. The van der Waals surface area contributed by atoms with E-state index in [0.29, 0.717) is 29.8 Å². The molecule has 1 aliphatic carbocycles. The van der Waals surface area contributed by atoms with Crippen molar-refractivity contribution in [3.05, 3.63) is 29.2 Å². The molecule has 1 saturated heterocycles. The van der Waals surface area contributed by atoms with Crippen LogP contribution in [0.1, 0.15) is 59.4 Å². The molecule has 2 aromatic rings. The molecule has 23 heavy (non-hydrogen) atoms. The summed E-state index contributed by atoms with van der Waals surface area (Å²) < 4.78 is 7.37. The number of hydrogen-bond acceptors (Lipinski definition) is 5. The molecule has 0 aromatic carbocycles. The van der Waals surface area contributed by atoms with E-state index in [-0.39, 0.29) is 11.9 Å². The van der Waals surface area contributed by atoms with Gasteiger partial charge in [-0.1, -0.05) is 5.21 Å². The van der Waals surface area contributed by atoms with Crippen LogP contribution in [0.25, 0.3) is 0 Å². The Labute approximate surface area is 134 Å². The van der Waals surface area contributed by atoms with E-state index in [2.05, 4.69) is 15.3 Å². The predicted octanol–water partition coefficient (Wildman–Crippen LogP) is 2.07. The summed E-state index contributed by atoms with van der Waals surface area (Å²) >= 11 is 0. The van der Waals surface area contributed by atoms with Gasteiger partial charge in [0.25, 0.3) is 5.91 Å². The number of oxazole rings is 1. The van der Waals surface area contributed by atoms with Gasteiger partial charge in [0.15, 0.2) is 5.89 Å². The third-order valence-corrected chi connectivity index (χ3v) is 4.69. The van der Waals surface area contributed by atoms with Crippen molar-refractivity contribution in [2.24, 2.45) is 0 Å². The molecule has 0 unspecified atom stereocenters. The van der Waals surface area contributed by atoms with Crippen molar-refractivity contribution in [1.29, 1.82) is 0 Å². The van der Waals surface area contributed by atoms with E-state index in [1.807, 2.05) is 22.7 Å². The van der Waals surface area contributed by atoms with Crippen molar-refractivity contribution >= 4 is 5.91 Å². The summed E-state index contributed by atoms with van der Waals surface area (Å²) in [5.41, 5.74) is 1.75. The number of aromatic nitrogens is 4.